The lowest BCUT2D eigenvalue weighted by Gasteiger charge is -2.12. The van der Waals surface area contributed by atoms with Crippen LogP contribution in [0.5, 0.6) is 5.75 Å². The second-order valence-electron chi connectivity index (χ2n) is 4.64. The SMILES string of the molecule is COc1ccccc1C(=O)Nc1ccc2nccn2c1C. The molecule has 106 valence electrons. The van der Waals surface area contributed by atoms with E-state index in [2.05, 4.69) is 10.3 Å². The minimum absolute atomic E-state index is 0.199. The maximum atomic E-state index is 12.4. The summed E-state index contributed by atoms with van der Waals surface area (Å²) in [7, 11) is 1.55. The zero-order valence-electron chi connectivity index (χ0n) is 11.8. The van der Waals surface area contributed by atoms with E-state index < -0.39 is 0 Å². The van der Waals surface area contributed by atoms with Crippen LogP contribution in [-0.4, -0.2) is 22.4 Å². The maximum Gasteiger partial charge on any atom is 0.259 e. The molecular weight excluding hydrogens is 266 g/mol. The third kappa shape index (κ3) is 2.33. The van der Waals surface area contributed by atoms with Crippen LogP contribution in [-0.2, 0) is 0 Å². The fourth-order valence-electron chi connectivity index (χ4n) is 2.28. The molecule has 5 heteroatoms. The number of pyridine rings is 1. The van der Waals surface area contributed by atoms with Crippen molar-refractivity contribution in [3.8, 4) is 5.75 Å². The highest BCUT2D eigenvalue weighted by atomic mass is 16.5. The Labute approximate surface area is 122 Å². The number of imidazole rings is 1. The third-order valence-electron chi connectivity index (χ3n) is 3.42. The van der Waals surface area contributed by atoms with Gasteiger partial charge in [0.25, 0.3) is 5.91 Å². The molecule has 0 aliphatic carbocycles. The standard InChI is InChI=1S/C16H15N3O2/c1-11-13(7-8-15-17-9-10-19(11)15)18-16(20)12-5-3-4-6-14(12)21-2/h3-10H,1-2H3,(H,18,20). The lowest BCUT2D eigenvalue weighted by Crippen LogP contribution is -2.14. The van der Waals surface area contributed by atoms with Gasteiger partial charge in [0.05, 0.1) is 18.4 Å². The van der Waals surface area contributed by atoms with Gasteiger partial charge in [0.15, 0.2) is 0 Å². The van der Waals surface area contributed by atoms with Crippen molar-refractivity contribution in [1.29, 1.82) is 0 Å². The van der Waals surface area contributed by atoms with E-state index in [0.717, 1.165) is 17.0 Å². The number of ether oxygens (including phenoxy) is 1. The first-order valence-electron chi connectivity index (χ1n) is 6.58. The Morgan fingerprint density at radius 3 is 2.86 bits per heavy atom. The monoisotopic (exact) mass is 281 g/mol. The van der Waals surface area contributed by atoms with E-state index in [1.165, 1.54) is 0 Å². The molecule has 5 nitrogen and oxygen atoms in total. The molecule has 0 spiro atoms. The zero-order valence-corrected chi connectivity index (χ0v) is 11.8. The summed E-state index contributed by atoms with van der Waals surface area (Å²) in [5.74, 6) is 0.353. The van der Waals surface area contributed by atoms with Crippen molar-refractivity contribution in [3.63, 3.8) is 0 Å². The molecule has 0 bridgehead atoms. The highest BCUT2D eigenvalue weighted by Gasteiger charge is 2.13. The summed E-state index contributed by atoms with van der Waals surface area (Å²) in [6.07, 6.45) is 3.59. The zero-order chi connectivity index (χ0) is 14.8. The number of carbonyl (C=O) groups excluding carboxylic acids is 1. The predicted molar refractivity (Wildman–Crippen MR) is 80.9 cm³/mol. The van der Waals surface area contributed by atoms with Gasteiger partial charge in [-0.3, -0.25) is 4.79 Å². The number of amides is 1. The Bertz CT molecular complexity index is 808. The number of nitrogens with one attached hydrogen (secondary N) is 1. The van der Waals surface area contributed by atoms with Crippen molar-refractivity contribution in [1.82, 2.24) is 9.38 Å². The van der Waals surface area contributed by atoms with Crippen LogP contribution in [0.2, 0.25) is 0 Å². The molecule has 0 fully saturated rings. The first-order valence-corrected chi connectivity index (χ1v) is 6.58. The molecule has 2 heterocycles. The lowest BCUT2D eigenvalue weighted by molar-refractivity contribution is 0.102. The summed E-state index contributed by atoms with van der Waals surface area (Å²) < 4.78 is 7.14. The van der Waals surface area contributed by atoms with Crippen molar-refractivity contribution >= 4 is 17.2 Å². The molecular formula is C16H15N3O2. The van der Waals surface area contributed by atoms with Gasteiger partial charge in [-0.25, -0.2) is 4.98 Å². The molecule has 0 atom stereocenters. The van der Waals surface area contributed by atoms with Crippen molar-refractivity contribution in [2.45, 2.75) is 6.92 Å². The molecule has 0 radical (unpaired) electrons. The van der Waals surface area contributed by atoms with Gasteiger partial charge in [-0.2, -0.15) is 0 Å². The summed E-state index contributed by atoms with van der Waals surface area (Å²) in [4.78, 5) is 16.6. The van der Waals surface area contributed by atoms with Crippen LogP contribution in [0.1, 0.15) is 16.1 Å². The van der Waals surface area contributed by atoms with Crippen LogP contribution in [0, 0.1) is 6.92 Å². The Balaban J connectivity index is 1.94. The van der Waals surface area contributed by atoms with E-state index in [1.54, 1.807) is 25.4 Å². The van der Waals surface area contributed by atoms with Crippen LogP contribution in [0.15, 0.2) is 48.8 Å². The highest BCUT2D eigenvalue weighted by molar-refractivity contribution is 6.06. The van der Waals surface area contributed by atoms with Gasteiger partial charge in [0.1, 0.15) is 11.4 Å². The smallest absolute Gasteiger partial charge is 0.259 e. The van der Waals surface area contributed by atoms with E-state index in [-0.39, 0.29) is 5.91 Å². The van der Waals surface area contributed by atoms with Gasteiger partial charge >= 0.3 is 0 Å². The average Bonchev–Trinajstić information content (AvgIpc) is 2.99. The fourth-order valence-corrected chi connectivity index (χ4v) is 2.28. The van der Waals surface area contributed by atoms with E-state index in [0.29, 0.717) is 11.3 Å². The van der Waals surface area contributed by atoms with Crippen molar-refractivity contribution in [3.05, 3.63) is 60.0 Å². The number of nitrogens with zero attached hydrogens (tertiary/aromatic N) is 2. The molecule has 0 saturated carbocycles. The van der Waals surface area contributed by atoms with Crippen molar-refractivity contribution in [2.24, 2.45) is 0 Å². The van der Waals surface area contributed by atoms with Crippen LogP contribution in [0.3, 0.4) is 0 Å². The Morgan fingerprint density at radius 2 is 2.05 bits per heavy atom. The number of aryl methyl sites for hydroxylation is 1. The summed E-state index contributed by atoms with van der Waals surface area (Å²) >= 11 is 0. The van der Waals surface area contributed by atoms with Gasteiger partial charge in [-0.15, -0.1) is 0 Å². The lowest BCUT2D eigenvalue weighted by atomic mass is 10.2. The number of carbonyl (C=O) groups is 1. The van der Waals surface area contributed by atoms with Gasteiger partial charge < -0.3 is 14.5 Å². The van der Waals surface area contributed by atoms with Crippen molar-refractivity contribution in [2.75, 3.05) is 12.4 Å². The van der Waals surface area contributed by atoms with E-state index in [4.69, 9.17) is 4.74 Å². The first kappa shape index (κ1) is 13.2. The molecule has 0 unspecified atom stereocenters. The number of hydrogen-bond acceptors (Lipinski definition) is 3. The largest absolute Gasteiger partial charge is 0.496 e. The van der Waals surface area contributed by atoms with Crippen LogP contribution < -0.4 is 10.1 Å². The number of benzene rings is 1. The van der Waals surface area contributed by atoms with Crippen LogP contribution >= 0.6 is 0 Å². The number of rotatable bonds is 3. The maximum absolute atomic E-state index is 12.4. The molecule has 0 aliphatic heterocycles. The second kappa shape index (κ2) is 5.28. The molecule has 0 aliphatic rings. The minimum Gasteiger partial charge on any atom is -0.496 e. The number of para-hydroxylation sites is 1. The van der Waals surface area contributed by atoms with Crippen LogP contribution in [0.4, 0.5) is 5.69 Å². The van der Waals surface area contributed by atoms with E-state index >= 15 is 0 Å². The Kier molecular flexibility index (Phi) is 3.31. The Hall–Kier alpha value is -2.82. The number of anilines is 1. The van der Waals surface area contributed by atoms with E-state index in [9.17, 15) is 4.79 Å². The third-order valence-corrected chi connectivity index (χ3v) is 3.42. The summed E-state index contributed by atoms with van der Waals surface area (Å²) in [5, 5.41) is 2.92. The molecule has 3 aromatic rings. The van der Waals surface area contributed by atoms with Crippen molar-refractivity contribution < 1.29 is 9.53 Å². The molecule has 0 saturated heterocycles. The van der Waals surface area contributed by atoms with Gasteiger partial charge in [-0.05, 0) is 31.2 Å². The topological polar surface area (TPSA) is 55.6 Å². The average molecular weight is 281 g/mol. The van der Waals surface area contributed by atoms with E-state index in [1.807, 2.05) is 41.8 Å². The normalized spacial score (nSPS) is 10.6. The fraction of sp³-hybridized carbons (Fsp3) is 0.125. The second-order valence-corrected chi connectivity index (χ2v) is 4.64. The molecule has 2 aromatic heterocycles. The van der Waals surface area contributed by atoms with Gasteiger partial charge in [-0.1, -0.05) is 12.1 Å². The van der Waals surface area contributed by atoms with Crippen LogP contribution in [0.25, 0.3) is 5.65 Å². The Morgan fingerprint density at radius 1 is 1.24 bits per heavy atom. The molecule has 21 heavy (non-hydrogen) atoms. The minimum atomic E-state index is -0.199. The molecule has 3 rings (SSSR count). The first-order chi connectivity index (χ1) is 10.2. The summed E-state index contributed by atoms with van der Waals surface area (Å²) in [6.45, 7) is 1.94. The number of fused-ring (bicyclic) bond motifs is 1. The quantitative estimate of drug-likeness (QED) is 0.803. The summed E-state index contributed by atoms with van der Waals surface area (Å²) in [5.41, 5.74) is 3.03. The number of methoxy groups -OCH3 is 1. The molecule has 1 N–H and O–H groups in total. The summed E-state index contributed by atoms with van der Waals surface area (Å²) in [6, 6.07) is 10.9. The van der Waals surface area contributed by atoms with Gasteiger partial charge in [0, 0.05) is 18.1 Å². The number of hydrogen-bond donors (Lipinski definition) is 1. The molecule has 1 aromatic carbocycles. The highest BCUT2D eigenvalue weighted by Crippen LogP contribution is 2.21. The predicted octanol–water partition coefficient (Wildman–Crippen LogP) is 2.90. The molecule has 1 amide bonds. The number of aromatic nitrogens is 2. The van der Waals surface area contributed by atoms with Gasteiger partial charge in [0.2, 0.25) is 0 Å².